The maximum Gasteiger partial charge on any atom is 0.228 e. The first-order valence-corrected chi connectivity index (χ1v) is 11.7. The molecule has 2 aliphatic heterocycles. The fraction of sp³-hybridized carbons (Fsp3) is 0.320. The van der Waals surface area contributed by atoms with Crippen LogP contribution in [0.2, 0.25) is 0 Å². The Hall–Kier alpha value is -3.85. The lowest BCUT2D eigenvalue weighted by atomic mass is 10.1. The molecule has 1 aromatic carbocycles. The number of ether oxygens (including phenoxy) is 1. The average Bonchev–Trinajstić information content (AvgIpc) is 3.48. The number of carbonyl (C=O) groups is 1. The van der Waals surface area contributed by atoms with Gasteiger partial charge in [0.05, 0.1) is 25.8 Å². The highest BCUT2D eigenvalue weighted by molar-refractivity contribution is 5.89. The number of allylic oxidation sites excluding steroid dienone is 1. The summed E-state index contributed by atoms with van der Waals surface area (Å²) >= 11 is 0. The van der Waals surface area contributed by atoms with Gasteiger partial charge in [0.1, 0.15) is 11.6 Å². The number of amides is 1. The summed E-state index contributed by atoms with van der Waals surface area (Å²) in [5, 5.41) is 14.3. The van der Waals surface area contributed by atoms with Crippen LogP contribution in [-0.4, -0.2) is 52.9 Å². The maximum atomic E-state index is 11.7. The summed E-state index contributed by atoms with van der Waals surface area (Å²) in [5.41, 5.74) is 5.21. The number of benzene rings is 1. The fourth-order valence-electron chi connectivity index (χ4n) is 4.31. The molecule has 3 N–H and O–H groups in total. The summed E-state index contributed by atoms with van der Waals surface area (Å²) in [4.78, 5) is 18.9. The van der Waals surface area contributed by atoms with Gasteiger partial charge >= 0.3 is 0 Å². The molecule has 1 aliphatic carbocycles. The van der Waals surface area contributed by atoms with Gasteiger partial charge in [-0.1, -0.05) is 6.58 Å². The molecule has 1 amide bonds. The molecular formula is C25H27N7O2. The van der Waals surface area contributed by atoms with Gasteiger partial charge in [-0.05, 0) is 48.8 Å². The zero-order chi connectivity index (χ0) is 23.1. The molecule has 4 heterocycles. The van der Waals surface area contributed by atoms with Crippen molar-refractivity contribution < 1.29 is 9.53 Å². The summed E-state index contributed by atoms with van der Waals surface area (Å²) in [6.07, 6.45) is 6.35. The van der Waals surface area contributed by atoms with Gasteiger partial charge in [-0.3, -0.25) is 4.79 Å². The van der Waals surface area contributed by atoms with Gasteiger partial charge in [-0.2, -0.15) is 9.61 Å². The van der Waals surface area contributed by atoms with Crippen LogP contribution in [-0.2, 0) is 9.53 Å². The van der Waals surface area contributed by atoms with Gasteiger partial charge in [0.2, 0.25) is 5.91 Å². The van der Waals surface area contributed by atoms with E-state index in [1.807, 2.05) is 16.7 Å². The van der Waals surface area contributed by atoms with Crippen molar-refractivity contribution in [2.24, 2.45) is 0 Å². The van der Waals surface area contributed by atoms with Crippen LogP contribution in [0.3, 0.4) is 0 Å². The lowest BCUT2D eigenvalue weighted by Gasteiger charge is -2.28. The van der Waals surface area contributed by atoms with Crippen molar-refractivity contribution >= 4 is 40.6 Å². The maximum absolute atomic E-state index is 11.7. The number of fused-ring (bicyclic) bond motifs is 1. The average molecular weight is 458 g/mol. The van der Waals surface area contributed by atoms with Gasteiger partial charge in [0.15, 0.2) is 5.65 Å². The fourth-order valence-corrected chi connectivity index (χ4v) is 4.31. The number of hydrogen-bond acceptors (Lipinski definition) is 7. The second-order valence-electron chi connectivity index (χ2n) is 8.92. The molecule has 2 aromatic heterocycles. The normalized spacial score (nSPS) is 19.6. The smallest absolute Gasteiger partial charge is 0.228 e. The number of nitrogens with zero attached hydrogens (tertiary/aromatic N) is 4. The molecule has 3 fully saturated rings. The predicted molar refractivity (Wildman–Crippen MR) is 132 cm³/mol. The third-order valence-electron chi connectivity index (χ3n) is 6.30. The molecule has 9 nitrogen and oxygen atoms in total. The van der Waals surface area contributed by atoms with Gasteiger partial charge < -0.3 is 25.6 Å². The first kappa shape index (κ1) is 20.7. The van der Waals surface area contributed by atoms with E-state index in [1.165, 1.54) is 5.69 Å². The number of aromatic nitrogens is 3. The summed E-state index contributed by atoms with van der Waals surface area (Å²) < 4.78 is 7.28. The van der Waals surface area contributed by atoms with Crippen LogP contribution in [0.15, 0.2) is 54.4 Å². The van der Waals surface area contributed by atoms with Gasteiger partial charge in [-0.15, -0.1) is 0 Å². The standard InChI is InChI=1S/C25H27N7O2/c1-16-17(13-24(33)27-16)12-18-15-26-32-23(29-20-2-3-20)14-22(30-25(18)32)28-19-4-6-21(7-5-19)31-8-10-34-11-9-31/h4-7,12,14-15,20,29H,1-3,8-11,13H2,(H,27,33)(H,28,30)/b17-12+. The SMILES string of the molecule is C=C1NC(=O)C/C1=C\c1cnn2c(NC3CC3)cc(Nc3ccc(N4CCOCC4)cc3)nc12. The zero-order valence-electron chi connectivity index (χ0n) is 18.9. The molecule has 1 saturated carbocycles. The highest BCUT2D eigenvalue weighted by Gasteiger charge is 2.24. The molecule has 3 aromatic rings. The molecule has 2 saturated heterocycles. The molecular weight excluding hydrogens is 430 g/mol. The molecule has 0 radical (unpaired) electrons. The minimum absolute atomic E-state index is 0.0420. The Morgan fingerprint density at radius 1 is 1.18 bits per heavy atom. The van der Waals surface area contributed by atoms with Crippen molar-refractivity contribution in [3.05, 3.63) is 59.9 Å². The lowest BCUT2D eigenvalue weighted by molar-refractivity contribution is -0.118. The molecule has 9 heteroatoms. The van der Waals surface area contributed by atoms with E-state index in [4.69, 9.17) is 9.72 Å². The van der Waals surface area contributed by atoms with E-state index in [2.05, 4.69) is 56.8 Å². The third kappa shape index (κ3) is 4.22. The van der Waals surface area contributed by atoms with E-state index in [9.17, 15) is 4.79 Å². The summed E-state index contributed by atoms with van der Waals surface area (Å²) in [5.74, 6) is 1.58. The zero-order valence-corrected chi connectivity index (χ0v) is 18.9. The molecule has 0 spiro atoms. The molecule has 3 aliphatic rings. The van der Waals surface area contributed by atoms with Crippen molar-refractivity contribution in [2.45, 2.75) is 25.3 Å². The molecule has 174 valence electrons. The number of nitrogens with one attached hydrogen (secondary N) is 3. The van der Waals surface area contributed by atoms with Crippen LogP contribution in [0.5, 0.6) is 0 Å². The van der Waals surface area contributed by atoms with Crippen molar-refractivity contribution in [3.63, 3.8) is 0 Å². The Bertz CT molecular complexity index is 1280. The van der Waals surface area contributed by atoms with E-state index in [-0.39, 0.29) is 5.91 Å². The van der Waals surface area contributed by atoms with Gasteiger partial charge in [-0.25, -0.2) is 4.98 Å². The van der Waals surface area contributed by atoms with Crippen LogP contribution in [0.25, 0.3) is 11.7 Å². The minimum Gasteiger partial charge on any atom is -0.378 e. The van der Waals surface area contributed by atoms with E-state index >= 15 is 0 Å². The number of rotatable bonds is 6. The summed E-state index contributed by atoms with van der Waals surface area (Å²) in [7, 11) is 0. The molecule has 0 bridgehead atoms. The number of carbonyl (C=O) groups excluding carboxylic acids is 1. The van der Waals surface area contributed by atoms with Gasteiger partial charge in [0, 0.05) is 47.8 Å². The van der Waals surface area contributed by atoms with Crippen LogP contribution < -0.4 is 20.9 Å². The predicted octanol–water partition coefficient (Wildman–Crippen LogP) is 3.30. The Balaban J connectivity index is 1.31. The quantitative estimate of drug-likeness (QED) is 0.523. The molecule has 34 heavy (non-hydrogen) atoms. The van der Waals surface area contributed by atoms with Crippen molar-refractivity contribution in [3.8, 4) is 0 Å². The highest BCUT2D eigenvalue weighted by Crippen LogP contribution is 2.30. The highest BCUT2D eigenvalue weighted by atomic mass is 16.5. The van der Waals surface area contributed by atoms with Gasteiger partial charge in [0.25, 0.3) is 0 Å². The van der Waals surface area contributed by atoms with Crippen molar-refractivity contribution in [2.75, 3.05) is 41.8 Å². The summed E-state index contributed by atoms with van der Waals surface area (Å²) in [6.45, 7) is 7.30. The topological polar surface area (TPSA) is 95.8 Å². The van der Waals surface area contributed by atoms with E-state index in [1.54, 1.807) is 6.20 Å². The van der Waals surface area contributed by atoms with Crippen LogP contribution in [0.1, 0.15) is 24.8 Å². The van der Waals surface area contributed by atoms with Crippen molar-refractivity contribution in [1.29, 1.82) is 0 Å². The Morgan fingerprint density at radius 3 is 2.68 bits per heavy atom. The van der Waals surface area contributed by atoms with Crippen LogP contribution in [0.4, 0.5) is 23.0 Å². The van der Waals surface area contributed by atoms with Crippen molar-refractivity contribution in [1.82, 2.24) is 19.9 Å². The monoisotopic (exact) mass is 457 g/mol. The Morgan fingerprint density at radius 2 is 1.97 bits per heavy atom. The lowest BCUT2D eigenvalue weighted by Crippen LogP contribution is -2.36. The number of hydrogen-bond donors (Lipinski definition) is 3. The molecule has 6 rings (SSSR count). The third-order valence-corrected chi connectivity index (χ3v) is 6.30. The Labute approximate surface area is 197 Å². The van der Waals surface area contributed by atoms with Crippen LogP contribution >= 0.6 is 0 Å². The summed E-state index contributed by atoms with van der Waals surface area (Å²) in [6, 6.07) is 10.9. The second-order valence-corrected chi connectivity index (χ2v) is 8.92. The van der Waals surface area contributed by atoms with E-state index in [0.717, 1.165) is 73.3 Å². The minimum atomic E-state index is -0.0420. The molecule has 0 atom stereocenters. The largest absolute Gasteiger partial charge is 0.378 e. The first-order chi connectivity index (χ1) is 16.6. The first-order valence-electron chi connectivity index (χ1n) is 11.7. The Kier molecular flexibility index (Phi) is 5.18. The van der Waals surface area contributed by atoms with Crippen LogP contribution in [0, 0.1) is 0 Å². The second kappa shape index (κ2) is 8.49. The number of morpholine rings is 1. The van der Waals surface area contributed by atoms with E-state index in [0.29, 0.717) is 18.2 Å². The number of anilines is 4. The molecule has 0 unspecified atom stereocenters. The van der Waals surface area contributed by atoms with E-state index < -0.39 is 0 Å².